The molecule has 2 amide bonds. The van der Waals surface area contributed by atoms with Crippen LogP contribution in [0.2, 0.25) is 0 Å². The normalized spacial score (nSPS) is 10.0. The fourth-order valence-electron chi connectivity index (χ4n) is 1.75. The Morgan fingerprint density at radius 2 is 1.89 bits per heavy atom. The predicted molar refractivity (Wildman–Crippen MR) is 96.5 cm³/mol. The van der Waals surface area contributed by atoms with E-state index in [0.29, 0.717) is 6.21 Å². The Labute approximate surface area is 152 Å². The van der Waals surface area contributed by atoms with Crippen LogP contribution in [0.3, 0.4) is 0 Å². The third-order valence-corrected chi connectivity index (χ3v) is 3.01. The van der Waals surface area contributed by atoms with Gasteiger partial charge in [-0.15, -0.1) is 0 Å². The molecule has 0 fully saturated rings. The van der Waals surface area contributed by atoms with Crippen LogP contribution in [-0.2, 0) is 23.9 Å². The quantitative estimate of drug-likeness (QED) is 0.154. The van der Waals surface area contributed by atoms with E-state index in [2.05, 4.69) is 24.4 Å². The molecule has 1 aromatic carbocycles. The minimum absolute atomic E-state index is 0. The zero-order valence-electron chi connectivity index (χ0n) is 15.2. The van der Waals surface area contributed by atoms with Crippen LogP contribution < -0.4 is 10.6 Å². The Morgan fingerprint density at radius 3 is 2.33 bits per heavy atom. The summed E-state index contributed by atoms with van der Waals surface area (Å²) in [6.07, 6.45) is 1.95. The third kappa shape index (κ3) is 13.0. The molecule has 1 unspecified atom stereocenters. The van der Waals surface area contributed by atoms with E-state index in [1.165, 1.54) is 12.0 Å². The minimum Gasteiger partial charge on any atom is -0.522 e. The first-order valence-electron chi connectivity index (χ1n) is 8.05. The van der Waals surface area contributed by atoms with Crippen LogP contribution in [0, 0.1) is 12.3 Å². The average molecular weight is 619 g/mol. The summed E-state index contributed by atoms with van der Waals surface area (Å²) in [5.74, 6) is -1.71. The summed E-state index contributed by atoms with van der Waals surface area (Å²) in [5.41, 5.74) is 1.32. The van der Waals surface area contributed by atoms with Crippen molar-refractivity contribution in [2.24, 2.45) is 0 Å². The van der Waals surface area contributed by atoms with E-state index in [1.807, 2.05) is 23.5 Å². The molecule has 0 heterocycles. The Balaban J connectivity index is 0. The standard InChI is InChI=1S/C11H16N3O5.C7H8.Fm/c1-2-19-11(18)9(4-3-8(16)5-12)14-10(17)6-13-7-15;1-7-5-3-2-4-6-7;/h5,9,12H,2-4,6H2,1H3,(H,13,15)(H,14,17);2-6H,1H3;/q-1;;. The van der Waals surface area contributed by atoms with Crippen LogP contribution in [0.4, 0.5) is 0 Å². The maximum Gasteiger partial charge on any atom is 0.328 e. The smallest absolute Gasteiger partial charge is 0.328 e. The molecule has 0 aromatic heterocycles. The summed E-state index contributed by atoms with van der Waals surface area (Å²) in [6.45, 7) is 3.52. The fraction of sp³-hybridized carbons (Fsp3) is 0.389. The van der Waals surface area contributed by atoms with Crippen molar-refractivity contribution < 1.29 is 23.9 Å². The van der Waals surface area contributed by atoms with Gasteiger partial charge in [0, 0.05) is 6.42 Å². The van der Waals surface area contributed by atoms with Crippen LogP contribution in [0.25, 0.3) is 0 Å². The maximum atomic E-state index is 11.6. The molecule has 27 heavy (non-hydrogen) atoms. The van der Waals surface area contributed by atoms with Crippen LogP contribution in [0.5, 0.6) is 0 Å². The van der Waals surface area contributed by atoms with Crippen LogP contribution in [0.1, 0.15) is 25.3 Å². The van der Waals surface area contributed by atoms with E-state index in [4.69, 9.17) is 10.1 Å². The van der Waals surface area contributed by atoms with Crippen LogP contribution in [-0.4, -0.2) is 49.5 Å². The van der Waals surface area contributed by atoms with Gasteiger partial charge in [-0.2, -0.15) is 6.41 Å². The molecule has 0 aliphatic carbocycles. The number of aryl methyl sites for hydroxylation is 1. The molecule has 3 N–H and O–H groups in total. The number of carbonyl (C=O) groups excluding carboxylic acids is 4. The number of rotatable bonds is 10. The van der Waals surface area contributed by atoms with Gasteiger partial charge in [-0.1, -0.05) is 35.9 Å². The summed E-state index contributed by atoms with van der Waals surface area (Å²) in [6, 6.07) is 9.28. The Kier molecular flexibility index (Phi) is 14.5. The minimum atomic E-state index is -0.982. The summed E-state index contributed by atoms with van der Waals surface area (Å²) in [7, 11) is 0. The Bertz CT molecular complexity index is 596. The molecule has 154 valence electrons. The zero-order chi connectivity index (χ0) is 19.8. The van der Waals surface area contributed by atoms with Gasteiger partial charge < -0.3 is 25.6 Å². The van der Waals surface area contributed by atoms with Gasteiger partial charge in [-0.05, 0) is 20.3 Å². The number of Topliss-reactive ketones (excluding diaryl/α,β-unsaturated/α-hetero) is 1. The second-order valence-electron chi connectivity index (χ2n) is 5.13. The van der Waals surface area contributed by atoms with E-state index in [1.54, 1.807) is 6.92 Å². The van der Waals surface area contributed by atoms with Gasteiger partial charge >= 0.3 is 5.97 Å². The molecule has 0 saturated carbocycles. The molecule has 1 atom stereocenters. The molecule has 0 bridgehead atoms. The maximum absolute atomic E-state index is 11.6. The number of esters is 1. The summed E-state index contributed by atoms with van der Waals surface area (Å²) in [5, 5.41) is 11.1. The Morgan fingerprint density at radius 1 is 1.26 bits per heavy atom. The molecule has 0 aliphatic heterocycles. The van der Waals surface area contributed by atoms with Crippen LogP contribution >= 0.6 is 0 Å². The predicted octanol–water partition coefficient (Wildman–Crippen LogP) is 0.685. The van der Waals surface area contributed by atoms with Gasteiger partial charge in [0.2, 0.25) is 5.91 Å². The summed E-state index contributed by atoms with van der Waals surface area (Å²) in [4.78, 5) is 43.8. The first kappa shape index (κ1) is 25.2. The van der Waals surface area contributed by atoms with Crippen molar-refractivity contribution in [3.8, 4) is 0 Å². The molecular formula is C18H24FmN3O5-. The first-order valence-corrected chi connectivity index (χ1v) is 8.05. The molecule has 0 saturated heterocycles. The molecular weight excluding hydrogens is 595 g/mol. The number of hydrogen-bond donors (Lipinski definition) is 3. The van der Waals surface area contributed by atoms with Crippen molar-refractivity contribution >= 4 is 30.3 Å². The monoisotopic (exact) mass is 619 g/mol. The second-order valence-corrected chi connectivity index (χ2v) is 5.13. The molecule has 0 aliphatic rings. The van der Waals surface area contributed by atoms with E-state index in [0.717, 1.165) is 0 Å². The SMILES string of the molecule is CCOC(=O)C(CCC(=O)C=N)NC(=O)CN[C-]=O.Cc1ccccc1.[Fm]. The van der Waals surface area contributed by atoms with E-state index in [9.17, 15) is 19.2 Å². The molecule has 9 heteroatoms. The Hall–Kier alpha value is -4.03. The van der Waals surface area contributed by atoms with Crippen molar-refractivity contribution in [2.45, 2.75) is 32.7 Å². The number of ketones is 1. The number of benzene rings is 1. The molecule has 8 nitrogen and oxygen atoms in total. The van der Waals surface area contributed by atoms with Gasteiger partial charge in [0.1, 0.15) is 6.04 Å². The van der Waals surface area contributed by atoms with Gasteiger partial charge in [0.15, 0.2) is 5.78 Å². The first-order chi connectivity index (χ1) is 12.4. The average Bonchev–Trinajstić information content (AvgIpc) is 2.64. The molecule has 0 radical (unpaired) electrons. The largest absolute Gasteiger partial charge is 0.522 e. The van der Waals surface area contributed by atoms with Gasteiger partial charge in [-0.3, -0.25) is 9.59 Å². The van der Waals surface area contributed by atoms with Crippen molar-refractivity contribution in [1.82, 2.24) is 10.6 Å². The van der Waals surface area contributed by atoms with E-state index in [-0.39, 0.29) is 26.0 Å². The van der Waals surface area contributed by atoms with E-state index >= 15 is 0 Å². The van der Waals surface area contributed by atoms with Crippen LogP contribution in [0.15, 0.2) is 30.3 Å². The number of ether oxygens (including phenoxy) is 1. The van der Waals surface area contributed by atoms with Crippen molar-refractivity contribution in [2.75, 3.05) is 13.2 Å². The molecule has 1 aromatic rings. The van der Waals surface area contributed by atoms with Gasteiger partial charge in [0.05, 0.1) is 19.4 Å². The summed E-state index contributed by atoms with van der Waals surface area (Å²) < 4.78 is 4.76. The molecule has 1 rings (SSSR count). The van der Waals surface area contributed by atoms with Crippen molar-refractivity contribution in [3.05, 3.63) is 35.9 Å². The van der Waals surface area contributed by atoms with Gasteiger partial charge in [-0.25, -0.2) is 4.79 Å². The fourth-order valence-corrected chi connectivity index (χ4v) is 1.75. The summed E-state index contributed by atoms with van der Waals surface area (Å²) >= 11 is 0. The van der Waals surface area contributed by atoms with E-state index < -0.39 is 23.7 Å². The topological polar surface area (TPSA) is 125 Å². The number of nitrogens with one attached hydrogen (secondary N) is 3. The zero-order valence-corrected chi connectivity index (χ0v) is 17.6. The van der Waals surface area contributed by atoms with Gasteiger partial charge in [0.25, 0.3) is 0 Å². The molecule has 0 spiro atoms. The third-order valence-electron chi connectivity index (χ3n) is 3.01. The number of carbonyl (C=O) groups is 3. The number of hydrogen-bond acceptors (Lipinski definition) is 6. The second kappa shape index (κ2) is 15.5. The number of amides is 2. The van der Waals surface area contributed by atoms with Crippen molar-refractivity contribution in [3.63, 3.8) is 0 Å². The van der Waals surface area contributed by atoms with Crippen molar-refractivity contribution in [1.29, 1.82) is 5.41 Å².